The first-order chi connectivity index (χ1) is 23.8. The van der Waals surface area contributed by atoms with E-state index in [2.05, 4.69) is 45.4 Å². The number of thiazole rings is 1. The van der Waals surface area contributed by atoms with Gasteiger partial charge in [0, 0.05) is 44.4 Å². The van der Waals surface area contributed by atoms with E-state index in [4.69, 9.17) is 19.5 Å². The minimum absolute atomic E-state index is 0.447. The van der Waals surface area contributed by atoms with Crippen molar-refractivity contribution in [3.63, 3.8) is 0 Å². The first-order valence-corrected chi connectivity index (χ1v) is 16.3. The third-order valence-electron chi connectivity index (χ3n) is 8.11. The molecule has 0 bridgehead atoms. The van der Waals surface area contributed by atoms with Crippen molar-refractivity contribution < 1.29 is 4.42 Å². The highest BCUT2D eigenvalue weighted by molar-refractivity contribution is 7.13. The topological polar surface area (TPSA) is 179 Å². The van der Waals surface area contributed by atoms with Crippen LogP contribution in [0.3, 0.4) is 0 Å². The summed E-state index contributed by atoms with van der Waals surface area (Å²) in [6.07, 6.45) is 6.91. The van der Waals surface area contributed by atoms with Crippen LogP contribution in [0.4, 0.5) is 0 Å². The van der Waals surface area contributed by atoms with Gasteiger partial charge in [0.2, 0.25) is 5.88 Å². The van der Waals surface area contributed by atoms with Gasteiger partial charge in [0.25, 0.3) is 0 Å². The highest BCUT2D eigenvalue weighted by Crippen LogP contribution is 2.54. The number of nitrogens with one attached hydrogen (secondary N) is 2. The fourth-order valence-electron chi connectivity index (χ4n) is 6.19. The second kappa shape index (κ2) is 10.5. The predicted molar refractivity (Wildman–Crippen MR) is 180 cm³/mol. The molecule has 2 N–H and O–H groups in total. The number of aromatic nitrogens is 13. The Morgan fingerprint density at radius 1 is 0.812 bits per heavy atom. The summed E-state index contributed by atoms with van der Waals surface area (Å²) in [5.74, 6) is 1.02. The van der Waals surface area contributed by atoms with Crippen LogP contribution in [0.2, 0.25) is 0 Å². The van der Waals surface area contributed by atoms with Gasteiger partial charge in [-0.25, -0.2) is 9.97 Å². The van der Waals surface area contributed by atoms with Crippen molar-refractivity contribution in [3.8, 4) is 61.6 Å². The Hall–Kier alpha value is -6.52. The molecule has 10 aromatic rings. The van der Waals surface area contributed by atoms with Crippen LogP contribution in [0, 0.1) is 0 Å². The summed E-state index contributed by atoms with van der Waals surface area (Å²) in [5.41, 5.74) is 8.16. The molecule has 0 atom stereocenters. The lowest BCUT2D eigenvalue weighted by atomic mass is 9.87. The Balaban J connectivity index is 1.49. The van der Waals surface area contributed by atoms with E-state index in [0.29, 0.717) is 67.0 Å². The zero-order chi connectivity index (χ0) is 31.6. The van der Waals surface area contributed by atoms with Gasteiger partial charge in [-0.1, -0.05) is 40.0 Å². The van der Waals surface area contributed by atoms with Crippen molar-refractivity contribution in [3.05, 3.63) is 90.1 Å². The van der Waals surface area contributed by atoms with E-state index < -0.39 is 0 Å². The number of rotatable bonds is 6. The summed E-state index contributed by atoms with van der Waals surface area (Å²) in [6.45, 7) is 0. The second-order valence-electron chi connectivity index (χ2n) is 10.7. The van der Waals surface area contributed by atoms with Crippen molar-refractivity contribution in [1.82, 2.24) is 65.1 Å². The van der Waals surface area contributed by atoms with E-state index in [1.165, 1.54) is 22.9 Å². The number of benzene rings is 3. The summed E-state index contributed by atoms with van der Waals surface area (Å²) in [6, 6.07) is 17.6. The number of imidazole rings is 1. The Kier molecular flexibility index (Phi) is 5.84. The maximum atomic E-state index is 7.07. The average molecular weight is 664 g/mol. The van der Waals surface area contributed by atoms with Crippen LogP contribution in [0.1, 0.15) is 0 Å². The lowest BCUT2D eigenvalue weighted by Crippen LogP contribution is -2.00. The standard InChI is InChI=1S/C32H17N13OS2/c1-4-8-22-16(5-1)13-36-45(22)32-28(30-37-17-6-2-3-7-18(17)38-30)26-24(20-14-35-43-40-20)23(19-9-10-34-42-39-19)27(31-33-11-12-47-31)25(29(26)46-32)21-15-48-44-41-21/h1-15H,(H,37,38)(H,35,40,43). The summed E-state index contributed by atoms with van der Waals surface area (Å²) in [7, 11) is 0. The minimum atomic E-state index is 0.447. The van der Waals surface area contributed by atoms with E-state index in [1.807, 2.05) is 65.5 Å². The second-order valence-corrected chi connectivity index (χ2v) is 12.2. The normalized spacial score (nSPS) is 11.8. The SMILES string of the molecule is c1ccc2c(c1)cnn2-c1oc2c(-c3csnn3)c(-c3nccs3)c(-c3ccnnn3)c(-c3c[nH]nn3)c2c1-c1nc2ccccc2[nH]1. The molecular weight excluding hydrogens is 647 g/mol. The zero-order valence-corrected chi connectivity index (χ0v) is 25.9. The monoisotopic (exact) mass is 663 g/mol. The largest absolute Gasteiger partial charge is 0.437 e. The number of fused-ring (bicyclic) bond motifs is 3. The Bertz CT molecular complexity index is 2700. The summed E-state index contributed by atoms with van der Waals surface area (Å²) in [4.78, 5) is 13.4. The highest BCUT2D eigenvalue weighted by atomic mass is 32.1. The van der Waals surface area contributed by atoms with E-state index in [0.717, 1.165) is 27.5 Å². The summed E-state index contributed by atoms with van der Waals surface area (Å²) >= 11 is 2.72. The molecule has 0 amide bonds. The molecule has 10 rings (SSSR count). The number of H-pyrrole nitrogens is 2. The number of para-hydroxylation sites is 3. The number of hydrogen-bond donors (Lipinski definition) is 2. The van der Waals surface area contributed by atoms with Crippen molar-refractivity contribution in [1.29, 1.82) is 0 Å². The molecule has 0 saturated heterocycles. The molecule has 0 spiro atoms. The molecule has 16 heteroatoms. The fraction of sp³-hybridized carbons (Fsp3) is 0. The molecule has 0 aliphatic rings. The quantitative estimate of drug-likeness (QED) is 0.196. The Morgan fingerprint density at radius 2 is 1.75 bits per heavy atom. The third kappa shape index (κ3) is 3.96. The van der Waals surface area contributed by atoms with Gasteiger partial charge in [-0.15, -0.1) is 31.7 Å². The van der Waals surface area contributed by atoms with Gasteiger partial charge in [0.1, 0.15) is 27.8 Å². The molecule has 14 nitrogen and oxygen atoms in total. The van der Waals surface area contributed by atoms with Crippen molar-refractivity contribution >= 4 is 55.8 Å². The van der Waals surface area contributed by atoms with Crippen molar-refractivity contribution in [2.45, 2.75) is 0 Å². The summed E-state index contributed by atoms with van der Waals surface area (Å²) in [5, 5.41) is 39.6. The molecule has 0 aliphatic heterocycles. The van der Waals surface area contributed by atoms with E-state index in [1.54, 1.807) is 29.3 Å². The molecule has 0 radical (unpaired) electrons. The molecule has 7 aromatic heterocycles. The van der Waals surface area contributed by atoms with Crippen molar-refractivity contribution in [2.75, 3.05) is 0 Å². The molecular formula is C32H17N13OS2. The molecule has 0 aliphatic carbocycles. The molecule has 0 saturated carbocycles. The smallest absolute Gasteiger partial charge is 0.232 e. The van der Waals surface area contributed by atoms with E-state index >= 15 is 0 Å². The average Bonchev–Trinajstić information content (AvgIpc) is 3.98. The van der Waals surface area contributed by atoms with Crippen LogP contribution in [0.5, 0.6) is 0 Å². The minimum Gasteiger partial charge on any atom is -0.437 e. The number of furan rings is 1. The van der Waals surface area contributed by atoms with Gasteiger partial charge in [-0.05, 0) is 41.0 Å². The lowest BCUT2D eigenvalue weighted by molar-refractivity contribution is 0.567. The highest BCUT2D eigenvalue weighted by Gasteiger charge is 2.35. The van der Waals surface area contributed by atoms with Gasteiger partial charge < -0.3 is 9.40 Å². The number of aromatic amines is 2. The Labute approximate surface area is 276 Å². The van der Waals surface area contributed by atoms with Crippen LogP contribution in [0.25, 0.3) is 94.5 Å². The van der Waals surface area contributed by atoms with Crippen LogP contribution in [0.15, 0.2) is 94.6 Å². The molecule has 7 heterocycles. The molecule has 0 fully saturated rings. The molecule has 0 unspecified atom stereocenters. The molecule has 3 aromatic carbocycles. The lowest BCUT2D eigenvalue weighted by Gasteiger charge is -2.17. The number of nitrogens with zero attached hydrogens (tertiary/aromatic N) is 11. The third-order valence-corrected chi connectivity index (χ3v) is 9.40. The maximum Gasteiger partial charge on any atom is 0.232 e. The van der Waals surface area contributed by atoms with Gasteiger partial charge in [-0.2, -0.15) is 9.78 Å². The number of hydrogen-bond acceptors (Lipinski definition) is 13. The Morgan fingerprint density at radius 3 is 2.56 bits per heavy atom. The van der Waals surface area contributed by atoms with Gasteiger partial charge in [0.05, 0.1) is 52.0 Å². The summed E-state index contributed by atoms with van der Waals surface area (Å²) < 4.78 is 13.1. The van der Waals surface area contributed by atoms with E-state index in [-0.39, 0.29) is 0 Å². The van der Waals surface area contributed by atoms with Gasteiger partial charge in [-0.3, -0.25) is 5.10 Å². The zero-order valence-electron chi connectivity index (χ0n) is 24.3. The predicted octanol–water partition coefficient (Wildman–Crippen LogP) is 6.59. The van der Waals surface area contributed by atoms with Crippen LogP contribution < -0.4 is 0 Å². The maximum absolute atomic E-state index is 7.07. The van der Waals surface area contributed by atoms with Crippen LogP contribution in [-0.4, -0.2) is 65.1 Å². The molecule has 48 heavy (non-hydrogen) atoms. The first kappa shape index (κ1) is 26.7. The van der Waals surface area contributed by atoms with E-state index in [9.17, 15) is 0 Å². The van der Waals surface area contributed by atoms with Crippen LogP contribution >= 0.6 is 22.9 Å². The fourth-order valence-corrected chi connectivity index (χ4v) is 7.33. The molecule has 228 valence electrons. The van der Waals surface area contributed by atoms with Gasteiger partial charge >= 0.3 is 0 Å². The first-order valence-electron chi connectivity index (χ1n) is 14.6. The van der Waals surface area contributed by atoms with Gasteiger partial charge in [0.15, 0.2) is 0 Å². The van der Waals surface area contributed by atoms with Crippen LogP contribution in [-0.2, 0) is 0 Å². The van der Waals surface area contributed by atoms with Crippen molar-refractivity contribution in [2.24, 2.45) is 0 Å².